The quantitative estimate of drug-likeness (QED) is 0.912. The van der Waals surface area contributed by atoms with Gasteiger partial charge in [-0.1, -0.05) is 6.42 Å². The van der Waals surface area contributed by atoms with E-state index in [2.05, 4.69) is 10.4 Å². The van der Waals surface area contributed by atoms with Crippen LogP contribution in [0.15, 0.2) is 6.20 Å². The third kappa shape index (κ3) is 3.91. The molecule has 1 saturated carbocycles. The van der Waals surface area contributed by atoms with E-state index in [1.165, 1.54) is 32.4 Å². The summed E-state index contributed by atoms with van der Waals surface area (Å²) in [7, 11) is 0. The zero-order valence-corrected chi connectivity index (χ0v) is 13.8. The van der Waals surface area contributed by atoms with Crippen LogP contribution in [0.4, 0.5) is 13.2 Å². The number of halogens is 3. The Morgan fingerprint density at radius 3 is 2.38 bits per heavy atom. The van der Waals surface area contributed by atoms with Crippen LogP contribution in [0.5, 0.6) is 0 Å². The Kier molecular flexibility index (Phi) is 4.85. The lowest BCUT2D eigenvalue weighted by Crippen LogP contribution is -2.49. The highest BCUT2D eigenvalue weighted by Crippen LogP contribution is 2.30. The van der Waals surface area contributed by atoms with Gasteiger partial charge in [-0.2, -0.15) is 18.3 Å². The molecule has 0 spiro atoms. The number of hydrogen-bond donors (Lipinski definition) is 1. The summed E-state index contributed by atoms with van der Waals surface area (Å²) in [5.74, 6) is -0.173. The SMILES string of the molecule is Cc1cn(CC(=O)N2CCC(NC3CCC3)CC2)nc1C(F)(F)F. The van der Waals surface area contributed by atoms with E-state index < -0.39 is 11.9 Å². The molecule has 5 nitrogen and oxygen atoms in total. The first-order valence-corrected chi connectivity index (χ1v) is 8.48. The summed E-state index contributed by atoms with van der Waals surface area (Å²) in [5, 5.41) is 7.13. The zero-order chi connectivity index (χ0) is 17.3. The predicted molar refractivity (Wildman–Crippen MR) is 82.3 cm³/mol. The molecule has 8 heteroatoms. The van der Waals surface area contributed by atoms with Crippen LogP contribution in [0.25, 0.3) is 0 Å². The van der Waals surface area contributed by atoms with E-state index in [9.17, 15) is 18.0 Å². The number of nitrogens with zero attached hydrogens (tertiary/aromatic N) is 3. The average Bonchev–Trinajstić information content (AvgIpc) is 2.84. The molecule has 1 N–H and O–H groups in total. The van der Waals surface area contributed by atoms with Gasteiger partial charge < -0.3 is 10.2 Å². The fourth-order valence-electron chi connectivity index (χ4n) is 3.32. The lowest BCUT2D eigenvalue weighted by Gasteiger charge is -2.37. The van der Waals surface area contributed by atoms with Crippen LogP contribution in [-0.4, -0.2) is 45.8 Å². The van der Waals surface area contributed by atoms with Crippen LogP contribution in [0.1, 0.15) is 43.4 Å². The molecule has 0 atom stereocenters. The van der Waals surface area contributed by atoms with E-state index >= 15 is 0 Å². The van der Waals surface area contributed by atoms with Crippen molar-refractivity contribution in [3.8, 4) is 0 Å². The maximum atomic E-state index is 12.8. The summed E-state index contributed by atoms with van der Waals surface area (Å²) in [6.07, 6.45) is 2.36. The van der Waals surface area contributed by atoms with Gasteiger partial charge in [-0.3, -0.25) is 9.48 Å². The topological polar surface area (TPSA) is 50.2 Å². The van der Waals surface area contributed by atoms with Crippen molar-refractivity contribution in [2.24, 2.45) is 0 Å². The molecule has 0 radical (unpaired) electrons. The molecule has 1 amide bonds. The minimum Gasteiger partial charge on any atom is -0.341 e. The van der Waals surface area contributed by atoms with Crippen LogP contribution in [0.2, 0.25) is 0 Å². The Hall–Kier alpha value is -1.57. The summed E-state index contributed by atoms with van der Waals surface area (Å²) in [5.41, 5.74) is -0.877. The number of likely N-dealkylation sites (tertiary alicyclic amines) is 1. The Bertz CT molecular complexity index is 587. The first-order chi connectivity index (χ1) is 11.3. The summed E-state index contributed by atoms with van der Waals surface area (Å²) < 4.78 is 39.4. The Labute approximate surface area is 139 Å². The fraction of sp³-hybridized carbons (Fsp3) is 0.750. The van der Waals surface area contributed by atoms with Gasteiger partial charge >= 0.3 is 6.18 Å². The molecular formula is C16H23F3N4O. The van der Waals surface area contributed by atoms with Gasteiger partial charge in [-0.25, -0.2) is 0 Å². The molecule has 0 bridgehead atoms. The minimum atomic E-state index is -4.48. The van der Waals surface area contributed by atoms with Gasteiger partial charge in [0, 0.05) is 31.4 Å². The van der Waals surface area contributed by atoms with E-state index in [-0.39, 0.29) is 18.0 Å². The summed E-state index contributed by atoms with van der Waals surface area (Å²) in [6, 6.07) is 1.08. The van der Waals surface area contributed by atoms with Crippen LogP contribution in [-0.2, 0) is 17.5 Å². The molecule has 2 aliphatic rings. The number of carbonyl (C=O) groups is 1. The second kappa shape index (κ2) is 6.74. The Morgan fingerprint density at radius 1 is 1.25 bits per heavy atom. The zero-order valence-electron chi connectivity index (χ0n) is 13.8. The van der Waals surface area contributed by atoms with Gasteiger partial charge in [0.05, 0.1) is 0 Å². The van der Waals surface area contributed by atoms with E-state index in [1.807, 2.05) is 0 Å². The number of rotatable bonds is 4. The van der Waals surface area contributed by atoms with Crippen molar-refractivity contribution in [2.75, 3.05) is 13.1 Å². The Morgan fingerprint density at radius 2 is 1.88 bits per heavy atom. The van der Waals surface area contributed by atoms with Crippen LogP contribution in [0, 0.1) is 6.92 Å². The van der Waals surface area contributed by atoms with Gasteiger partial charge in [0.1, 0.15) is 6.54 Å². The van der Waals surface area contributed by atoms with E-state index in [0.717, 1.165) is 17.5 Å². The normalized spacial score (nSPS) is 20.2. The molecule has 1 saturated heterocycles. The molecule has 134 valence electrons. The first kappa shape index (κ1) is 17.3. The molecule has 0 aromatic carbocycles. The van der Waals surface area contributed by atoms with Crippen molar-refractivity contribution < 1.29 is 18.0 Å². The van der Waals surface area contributed by atoms with Gasteiger partial charge in [-0.05, 0) is 38.2 Å². The molecule has 2 heterocycles. The third-order valence-electron chi connectivity index (χ3n) is 4.93. The second-order valence-corrected chi connectivity index (χ2v) is 6.81. The second-order valence-electron chi connectivity index (χ2n) is 6.81. The first-order valence-electron chi connectivity index (χ1n) is 8.48. The summed E-state index contributed by atoms with van der Waals surface area (Å²) >= 11 is 0. The number of alkyl halides is 3. The lowest BCUT2D eigenvalue weighted by atomic mass is 9.91. The van der Waals surface area contributed by atoms with E-state index in [1.54, 1.807) is 4.90 Å². The number of amides is 1. The smallest absolute Gasteiger partial charge is 0.341 e. The number of carbonyl (C=O) groups excluding carboxylic acids is 1. The standard InChI is InChI=1S/C16H23F3N4O/c1-11-9-23(21-15(11)16(17,18)19)10-14(24)22-7-5-13(6-8-22)20-12-3-2-4-12/h9,12-13,20H,2-8,10H2,1H3. The van der Waals surface area contributed by atoms with Crippen LogP contribution < -0.4 is 5.32 Å². The van der Waals surface area contributed by atoms with E-state index in [0.29, 0.717) is 25.2 Å². The molecule has 2 fully saturated rings. The van der Waals surface area contributed by atoms with Gasteiger partial charge in [-0.15, -0.1) is 0 Å². The number of nitrogens with one attached hydrogen (secondary N) is 1. The number of aryl methyl sites for hydroxylation is 1. The predicted octanol–water partition coefficient (Wildman–Crippen LogP) is 2.34. The molecular weight excluding hydrogens is 321 g/mol. The monoisotopic (exact) mass is 344 g/mol. The van der Waals surface area contributed by atoms with Crippen LogP contribution >= 0.6 is 0 Å². The van der Waals surface area contributed by atoms with Crippen molar-refractivity contribution in [3.63, 3.8) is 0 Å². The minimum absolute atomic E-state index is 0.0405. The number of hydrogen-bond acceptors (Lipinski definition) is 3. The van der Waals surface area contributed by atoms with Crippen molar-refractivity contribution >= 4 is 5.91 Å². The van der Waals surface area contributed by atoms with Crippen molar-refractivity contribution in [3.05, 3.63) is 17.5 Å². The highest BCUT2D eigenvalue weighted by molar-refractivity contribution is 5.76. The lowest BCUT2D eigenvalue weighted by molar-refractivity contribution is -0.142. The fourth-order valence-corrected chi connectivity index (χ4v) is 3.32. The maximum absolute atomic E-state index is 12.8. The van der Waals surface area contributed by atoms with Crippen molar-refractivity contribution in [1.29, 1.82) is 0 Å². The third-order valence-corrected chi connectivity index (χ3v) is 4.93. The molecule has 3 rings (SSSR count). The van der Waals surface area contributed by atoms with Gasteiger partial charge in [0.2, 0.25) is 5.91 Å². The van der Waals surface area contributed by atoms with Gasteiger partial charge in [0.25, 0.3) is 0 Å². The van der Waals surface area contributed by atoms with Crippen molar-refractivity contribution in [2.45, 2.75) is 63.8 Å². The average molecular weight is 344 g/mol. The number of aromatic nitrogens is 2. The van der Waals surface area contributed by atoms with Crippen molar-refractivity contribution in [1.82, 2.24) is 20.0 Å². The number of piperidine rings is 1. The molecule has 0 unspecified atom stereocenters. The summed E-state index contributed by atoms with van der Waals surface area (Å²) in [4.78, 5) is 14.0. The molecule has 1 aromatic rings. The van der Waals surface area contributed by atoms with E-state index in [4.69, 9.17) is 0 Å². The molecule has 1 aliphatic heterocycles. The molecule has 24 heavy (non-hydrogen) atoms. The van der Waals surface area contributed by atoms with Crippen LogP contribution in [0.3, 0.4) is 0 Å². The highest BCUT2D eigenvalue weighted by Gasteiger charge is 2.36. The highest BCUT2D eigenvalue weighted by atomic mass is 19.4. The maximum Gasteiger partial charge on any atom is 0.435 e. The van der Waals surface area contributed by atoms with Gasteiger partial charge in [0.15, 0.2) is 5.69 Å². The summed E-state index contributed by atoms with van der Waals surface area (Å²) in [6.45, 7) is 2.51. The molecule has 1 aliphatic carbocycles. The molecule has 1 aromatic heterocycles. The Balaban J connectivity index is 1.50. The largest absolute Gasteiger partial charge is 0.435 e.